The first kappa shape index (κ1) is 22.9. The molecule has 1 aromatic carbocycles. The van der Waals surface area contributed by atoms with Crippen molar-refractivity contribution in [2.75, 3.05) is 13.1 Å². The standard InChI is InChI=1S/C20H27N5O5S/c1-2-7-17-21-19(30-24-17)11-6-10-18(26)22-23-20(27)15-8-5-9-16(14-15)31(28,29)25-12-3-4-13-25/h5,8-9,14H,2-4,6-7,10-13H2,1H3,(H,22,26)(H,23,27). The lowest BCUT2D eigenvalue weighted by molar-refractivity contribution is -0.121. The van der Waals surface area contributed by atoms with Gasteiger partial charge < -0.3 is 4.52 Å². The zero-order valence-electron chi connectivity index (χ0n) is 17.5. The Labute approximate surface area is 181 Å². The summed E-state index contributed by atoms with van der Waals surface area (Å²) in [6.07, 6.45) is 4.45. The van der Waals surface area contributed by atoms with Gasteiger partial charge in [0, 0.05) is 37.9 Å². The molecule has 1 aliphatic rings. The molecule has 31 heavy (non-hydrogen) atoms. The number of hydrazine groups is 1. The predicted octanol–water partition coefficient (Wildman–Crippen LogP) is 1.59. The molecule has 0 atom stereocenters. The van der Waals surface area contributed by atoms with Crippen LogP contribution in [0.25, 0.3) is 0 Å². The van der Waals surface area contributed by atoms with E-state index in [0.29, 0.717) is 37.6 Å². The topological polar surface area (TPSA) is 134 Å². The molecule has 1 aliphatic heterocycles. The fourth-order valence-corrected chi connectivity index (χ4v) is 4.82. The Hall–Kier alpha value is -2.79. The van der Waals surface area contributed by atoms with Crippen LogP contribution in [0.1, 0.15) is 61.1 Å². The van der Waals surface area contributed by atoms with Crippen molar-refractivity contribution in [1.82, 2.24) is 25.3 Å². The van der Waals surface area contributed by atoms with Gasteiger partial charge in [-0.25, -0.2) is 8.42 Å². The first-order valence-electron chi connectivity index (χ1n) is 10.4. The third-order valence-corrected chi connectivity index (χ3v) is 6.79. The number of carbonyl (C=O) groups excluding carboxylic acids is 2. The molecule has 2 N–H and O–H groups in total. The van der Waals surface area contributed by atoms with Crippen molar-refractivity contribution in [2.24, 2.45) is 0 Å². The molecule has 10 nitrogen and oxygen atoms in total. The number of carbonyl (C=O) groups is 2. The molecule has 2 amide bonds. The second-order valence-electron chi connectivity index (χ2n) is 7.35. The van der Waals surface area contributed by atoms with Gasteiger partial charge in [0.2, 0.25) is 21.8 Å². The molecule has 1 fully saturated rings. The molecule has 3 rings (SSSR count). The normalized spacial score (nSPS) is 14.5. The van der Waals surface area contributed by atoms with E-state index in [2.05, 4.69) is 21.0 Å². The molecule has 1 saturated heterocycles. The highest BCUT2D eigenvalue weighted by Gasteiger charge is 2.27. The molecule has 2 heterocycles. The van der Waals surface area contributed by atoms with Gasteiger partial charge >= 0.3 is 0 Å². The highest BCUT2D eigenvalue weighted by Crippen LogP contribution is 2.21. The average Bonchev–Trinajstić information content (AvgIpc) is 3.45. The van der Waals surface area contributed by atoms with Crippen molar-refractivity contribution >= 4 is 21.8 Å². The van der Waals surface area contributed by atoms with E-state index in [1.54, 1.807) is 0 Å². The largest absolute Gasteiger partial charge is 0.339 e. The molecule has 1 aromatic heterocycles. The number of nitrogens with one attached hydrogen (secondary N) is 2. The van der Waals surface area contributed by atoms with Crippen molar-refractivity contribution < 1.29 is 22.5 Å². The molecule has 0 spiro atoms. The van der Waals surface area contributed by atoms with Crippen LogP contribution in [0.3, 0.4) is 0 Å². The van der Waals surface area contributed by atoms with Gasteiger partial charge in [-0.2, -0.15) is 9.29 Å². The van der Waals surface area contributed by atoms with Crippen LogP contribution in [0.15, 0.2) is 33.7 Å². The van der Waals surface area contributed by atoms with Gasteiger partial charge in [0.05, 0.1) is 4.90 Å². The summed E-state index contributed by atoms with van der Waals surface area (Å²) >= 11 is 0. The molecule has 0 unspecified atom stereocenters. The van der Waals surface area contributed by atoms with E-state index < -0.39 is 15.9 Å². The fourth-order valence-electron chi connectivity index (χ4n) is 3.25. The fraction of sp³-hybridized carbons (Fsp3) is 0.500. The monoisotopic (exact) mass is 449 g/mol. The van der Waals surface area contributed by atoms with Crippen LogP contribution in [0.5, 0.6) is 0 Å². The Bertz CT molecular complexity index is 1010. The summed E-state index contributed by atoms with van der Waals surface area (Å²) in [7, 11) is -3.62. The van der Waals surface area contributed by atoms with Crippen molar-refractivity contribution in [3.8, 4) is 0 Å². The van der Waals surface area contributed by atoms with E-state index >= 15 is 0 Å². The van der Waals surface area contributed by atoms with Crippen molar-refractivity contribution in [2.45, 2.75) is 56.8 Å². The first-order valence-corrected chi connectivity index (χ1v) is 11.8. The lowest BCUT2D eigenvalue weighted by atomic mass is 10.2. The summed E-state index contributed by atoms with van der Waals surface area (Å²) in [5, 5.41) is 3.86. The molecule has 2 aromatic rings. The van der Waals surface area contributed by atoms with E-state index in [-0.39, 0.29) is 22.8 Å². The molecule has 168 valence electrons. The van der Waals surface area contributed by atoms with Gasteiger partial charge in [-0.15, -0.1) is 0 Å². The zero-order chi connectivity index (χ0) is 22.3. The number of hydrogen-bond acceptors (Lipinski definition) is 7. The summed E-state index contributed by atoms with van der Waals surface area (Å²) in [4.78, 5) is 28.6. The quantitative estimate of drug-likeness (QED) is 0.555. The van der Waals surface area contributed by atoms with Crippen molar-refractivity contribution in [3.05, 3.63) is 41.5 Å². The van der Waals surface area contributed by atoms with Gasteiger partial charge in [0.1, 0.15) is 0 Å². The van der Waals surface area contributed by atoms with Crippen molar-refractivity contribution in [3.63, 3.8) is 0 Å². The number of sulfonamides is 1. The molecule has 0 radical (unpaired) electrons. The second-order valence-corrected chi connectivity index (χ2v) is 9.29. The highest BCUT2D eigenvalue weighted by atomic mass is 32.2. The number of rotatable bonds is 9. The maximum atomic E-state index is 12.7. The lowest BCUT2D eigenvalue weighted by Gasteiger charge is -2.16. The molecule has 0 saturated carbocycles. The molecular weight excluding hydrogens is 422 g/mol. The average molecular weight is 450 g/mol. The minimum absolute atomic E-state index is 0.0652. The number of aryl methyl sites for hydroxylation is 2. The maximum Gasteiger partial charge on any atom is 0.269 e. The van der Waals surface area contributed by atoms with E-state index in [4.69, 9.17) is 4.52 Å². The molecule has 0 bridgehead atoms. The minimum Gasteiger partial charge on any atom is -0.339 e. The highest BCUT2D eigenvalue weighted by molar-refractivity contribution is 7.89. The Kier molecular flexibility index (Phi) is 7.75. The Morgan fingerprint density at radius 3 is 2.68 bits per heavy atom. The second kappa shape index (κ2) is 10.5. The Balaban J connectivity index is 1.47. The van der Waals surface area contributed by atoms with E-state index in [0.717, 1.165) is 25.7 Å². The van der Waals surface area contributed by atoms with Gasteiger partial charge in [-0.1, -0.05) is 18.1 Å². The smallest absolute Gasteiger partial charge is 0.269 e. The number of amides is 2. The van der Waals surface area contributed by atoms with Crippen LogP contribution in [-0.2, 0) is 27.7 Å². The Morgan fingerprint density at radius 1 is 1.16 bits per heavy atom. The minimum atomic E-state index is -3.62. The van der Waals surface area contributed by atoms with Crippen LogP contribution in [-0.4, -0.2) is 47.8 Å². The summed E-state index contributed by atoms with van der Waals surface area (Å²) in [6.45, 7) is 2.99. The number of hydrogen-bond donors (Lipinski definition) is 2. The van der Waals surface area contributed by atoms with E-state index in [9.17, 15) is 18.0 Å². The molecule has 11 heteroatoms. The number of nitrogens with zero attached hydrogens (tertiary/aromatic N) is 3. The van der Waals surface area contributed by atoms with Gasteiger partial charge in [-0.3, -0.25) is 20.4 Å². The third-order valence-electron chi connectivity index (χ3n) is 4.89. The SMILES string of the molecule is CCCc1noc(CCCC(=O)NNC(=O)c2cccc(S(=O)(=O)N3CCCC3)c2)n1. The summed E-state index contributed by atoms with van der Waals surface area (Å²) in [6, 6.07) is 5.79. The van der Waals surface area contributed by atoms with Crippen LogP contribution in [0, 0.1) is 0 Å². The zero-order valence-corrected chi connectivity index (χ0v) is 18.3. The van der Waals surface area contributed by atoms with Gasteiger partial charge in [0.25, 0.3) is 5.91 Å². The Morgan fingerprint density at radius 2 is 1.94 bits per heavy atom. The maximum absolute atomic E-state index is 12.7. The van der Waals surface area contributed by atoms with Crippen LogP contribution < -0.4 is 10.9 Å². The third kappa shape index (κ3) is 6.11. The van der Waals surface area contributed by atoms with Crippen LogP contribution >= 0.6 is 0 Å². The first-order chi connectivity index (χ1) is 14.9. The predicted molar refractivity (Wildman–Crippen MR) is 111 cm³/mol. The summed E-state index contributed by atoms with van der Waals surface area (Å²) in [5.74, 6) is 0.176. The van der Waals surface area contributed by atoms with E-state index in [1.807, 2.05) is 6.92 Å². The van der Waals surface area contributed by atoms with Gasteiger partial charge in [0.15, 0.2) is 5.82 Å². The van der Waals surface area contributed by atoms with Crippen LogP contribution in [0.2, 0.25) is 0 Å². The number of benzene rings is 1. The van der Waals surface area contributed by atoms with E-state index in [1.165, 1.54) is 28.6 Å². The van der Waals surface area contributed by atoms with Gasteiger partial charge in [-0.05, 0) is 43.9 Å². The molecule has 0 aliphatic carbocycles. The lowest BCUT2D eigenvalue weighted by Crippen LogP contribution is -2.41. The van der Waals surface area contributed by atoms with Crippen molar-refractivity contribution in [1.29, 1.82) is 0 Å². The summed E-state index contributed by atoms with van der Waals surface area (Å²) in [5.41, 5.74) is 4.81. The molecular formula is C20H27N5O5S. The summed E-state index contributed by atoms with van der Waals surface area (Å²) < 4.78 is 31.8. The van der Waals surface area contributed by atoms with Crippen LogP contribution in [0.4, 0.5) is 0 Å². The number of aromatic nitrogens is 2.